The molecule has 2 aromatic heterocycles. The number of fused-ring (bicyclic) bond motifs is 3. The third-order valence-electron chi connectivity index (χ3n) is 4.35. The maximum Gasteiger partial charge on any atom is 0.0528 e. The van der Waals surface area contributed by atoms with Gasteiger partial charge in [-0.3, -0.25) is 0 Å². The lowest BCUT2D eigenvalue weighted by atomic mass is 9.96. The minimum absolute atomic E-state index is 0.770. The Morgan fingerprint density at radius 3 is 2.56 bits per heavy atom. The molecule has 0 radical (unpaired) electrons. The van der Waals surface area contributed by atoms with Crippen molar-refractivity contribution in [1.29, 1.82) is 0 Å². The Morgan fingerprint density at radius 1 is 0.889 bits per heavy atom. The molecule has 0 unspecified atom stereocenters. The highest BCUT2D eigenvalue weighted by atomic mass is 14.9. The molecule has 1 fully saturated rings. The highest BCUT2D eigenvalue weighted by Gasteiger charge is 2.20. The number of nitrogens with zero attached hydrogens (tertiary/aromatic N) is 1. The Hall–Kier alpha value is -1.76. The van der Waals surface area contributed by atoms with Gasteiger partial charge < -0.3 is 4.40 Å². The smallest absolute Gasteiger partial charge is 0.0528 e. The molecule has 1 aliphatic rings. The molecule has 0 N–H and O–H groups in total. The molecule has 1 aliphatic carbocycles. The van der Waals surface area contributed by atoms with E-state index in [-0.39, 0.29) is 0 Å². The summed E-state index contributed by atoms with van der Waals surface area (Å²) in [6.45, 7) is 0. The van der Waals surface area contributed by atoms with Gasteiger partial charge in [-0.05, 0) is 54.0 Å². The third kappa shape index (κ3) is 1.40. The largest absolute Gasteiger partial charge is 0.316 e. The second-order valence-electron chi connectivity index (χ2n) is 5.40. The van der Waals surface area contributed by atoms with E-state index in [0.29, 0.717) is 0 Å². The molecule has 3 aromatic rings. The summed E-state index contributed by atoms with van der Waals surface area (Å²) in [7, 11) is 0. The highest BCUT2D eigenvalue weighted by Crippen LogP contribution is 2.37. The molecule has 4 rings (SSSR count). The van der Waals surface area contributed by atoms with Crippen molar-refractivity contribution in [1.82, 2.24) is 4.40 Å². The Bertz CT molecular complexity index is 702. The fraction of sp³-hybridized carbons (Fsp3) is 0.294. The Balaban J connectivity index is 2.07. The van der Waals surface area contributed by atoms with Gasteiger partial charge in [0.05, 0.1) is 5.52 Å². The van der Waals surface area contributed by atoms with E-state index in [9.17, 15) is 0 Å². The van der Waals surface area contributed by atoms with Gasteiger partial charge in [0.15, 0.2) is 0 Å². The van der Waals surface area contributed by atoms with E-state index in [1.807, 2.05) is 0 Å². The van der Waals surface area contributed by atoms with Crippen molar-refractivity contribution in [3.63, 3.8) is 0 Å². The topological polar surface area (TPSA) is 4.41 Å². The van der Waals surface area contributed by atoms with E-state index in [0.717, 1.165) is 5.92 Å². The van der Waals surface area contributed by atoms with Gasteiger partial charge in [0.1, 0.15) is 0 Å². The van der Waals surface area contributed by atoms with Crippen molar-refractivity contribution >= 4 is 16.4 Å². The van der Waals surface area contributed by atoms with Gasteiger partial charge in [0, 0.05) is 11.7 Å². The van der Waals surface area contributed by atoms with E-state index < -0.39 is 0 Å². The summed E-state index contributed by atoms with van der Waals surface area (Å²) in [4.78, 5) is 0. The lowest BCUT2D eigenvalue weighted by Gasteiger charge is -2.14. The van der Waals surface area contributed by atoms with Gasteiger partial charge >= 0.3 is 0 Å². The summed E-state index contributed by atoms with van der Waals surface area (Å²) in [5.74, 6) is 0.770. The van der Waals surface area contributed by atoms with Crippen molar-refractivity contribution in [2.75, 3.05) is 0 Å². The molecule has 18 heavy (non-hydrogen) atoms. The Kier molecular flexibility index (Phi) is 2.19. The Morgan fingerprint density at radius 2 is 1.67 bits per heavy atom. The van der Waals surface area contributed by atoms with Crippen LogP contribution in [0.5, 0.6) is 0 Å². The van der Waals surface area contributed by atoms with Crippen LogP contribution in [0.1, 0.15) is 37.2 Å². The fourth-order valence-corrected chi connectivity index (χ4v) is 3.46. The predicted molar refractivity (Wildman–Crippen MR) is 76.1 cm³/mol. The standard InChI is InChI=1S/C17H17N/c1-2-7-13(6-1)15-12-14-8-3-4-9-16(14)18-11-5-10-17(15)18/h3-5,8-13H,1-2,6-7H2. The van der Waals surface area contributed by atoms with Crippen LogP contribution in [0.3, 0.4) is 0 Å². The normalized spacial score (nSPS) is 16.9. The summed E-state index contributed by atoms with van der Waals surface area (Å²) < 4.78 is 2.35. The molecule has 90 valence electrons. The van der Waals surface area contributed by atoms with Crippen LogP contribution in [0.25, 0.3) is 16.4 Å². The van der Waals surface area contributed by atoms with Gasteiger partial charge in [0.2, 0.25) is 0 Å². The minimum atomic E-state index is 0.770. The number of benzene rings is 1. The number of rotatable bonds is 1. The maximum absolute atomic E-state index is 2.42. The first kappa shape index (κ1) is 10.2. The SMILES string of the molecule is c1ccc2c(c1)cc(C1CCCC1)c1cccn12. The molecule has 0 spiro atoms. The van der Waals surface area contributed by atoms with Gasteiger partial charge in [-0.2, -0.15) is 0 Å². The van der Waals surface area contributed by atoms with Crippen LogP contribution in [0, 0.1) is 0 Å². The van der Waals surface area contributed by atoms with Gasteiger partial charge in [-0.25, -0.2) is 0 Å². The first-order valence-electron chi connectivity index (χ1n) is 6.92. The molecule has 1 nitrogen and oxygen atoms in total. The second kappa shape index (κ2) is 3.88. The van der Waals surface area contributed by atoms with Crippen molar-refractivity contribution < 1.29 is 0 Å². The first-order valence-corrected chi connectivity index (χ1v) is 6.92. The number of para-hydroxylation sites is 1. The molecule has 0 saturated heterocycles. The van der Waals surface area contributed by atoms with E-state index >= 15 is 0 Å². The lowest BCUT2D eigenvalue weighted by molar-refractivity contribution is 0.727. The van der Waals surface area contributed by atoms with Crippen LogP contribution in [0.15, 0.2) is 48.7 Å². The zero-order valence-electron chi connectivity index (χ0n) is 10.5. The van der Waals surface area contributed by atoms with Crippen LogP contribution in [0.4, 0.5) is 0 Å². The second-order valence-corrected chi connectivity index (χ2v) is 5.40. The van der Waals surface area contributed by atoms with Crippen molar-refractivity contribution in [2.45, 2.75) is 31.6 Å². The molecule has 1 saturated carbocycles. The maximum atomic E-state index is 2.42. The summed E-state index contributed by atoms with van der Waals surface area (Å²) in [6.07, 6.45) is 7.70. The average Bonchev–Trinajstić information content (AvgIpc) is 3.09. The summed E-state index contributed by atoms with van der Waals surface area (Å²) >= 11 is 0. The third-order valence-corrected chi connectivity index (χ3v) is 4.35. The van der Waals surface area contributed by atoms with Crippen LogP contribution in [0.2, 0.25) is 0 Å². The molecule has 0 bridgehead atoms. The zero-order chi connectivity index (χ0) is 11.9. The van der Waals surface area contributed by atoms with E-state index in [4.69, 9.17) is 0 Å². The Labute approximate surface area is 107 Å². The highest BCUT2D eigenvalue weighted by molar-refractivity contribution is 5.85. The van der Waals surface area contributed by atoms with Crippen LogP contribution < -0.4 is 0 Å². The minimum Gasteiger partial charge on any atom is -0.316 e. The molecular formula is C17H17N. The molecule has 2 heterocycles. The molecule has 0 aliphatic heterocycles. The number of hydrogen-bond acceptors (Lipinski definition) is 0. The molecule has 1 heteroatoms. The summed E-state index contributed by atoms with van der Waals surface area (Å²) in [5.41, 5.74) is 4.27. The zero-order valence-corrected chi connectivity index (χ0v) is 10.5. The summed E-state index contributed by atoms with van der Waals surface area (Å²) in [6, 6.07) is 15.5. The average molecular weight is 235 g/mol. The van der Waals surface area contributed by atoms with E-state index in [2.05, 4.69) is 53.1 Å². The molecule has 0 atom stereocenters. The van der Waals surface area contributed by atoms with Gasteiger partial charge in [-0.15, -0.1) is 0 Å². The van der Waals surface area contributed by atoms with Crippen LogP contribution in [-0.2, 0) is 0 Å². The van der Waals surface area contributed by atoms with Crippen molar-refractivity contribution in [3.8, 4) is 0 Å². The van der Waals surface area contributed by atoms with E-state index in [1.54, 1.807) is 5.56 Å². The first-order chi connectivity index (χ1) is 8.93. The monoisotopic (exact) mass is 235 g/mol. The van der Waals surface area contributed by atoms with Crippen molar-refractivity contribution in [3.05, 3.63) is 54.2 Å². The molecular weight excluding hydrogens is 218 g/mol. The van der Waals surface area contributed by atoms with Gasteiger partial charge in [0.25, 0.3) is 0 Å². The number of aromatic nitrogens is 1. The van der Waals surface area contributed by atoms with Crippen LogP contribution in [-0.4, -0.2) is 4.40 Å². The molecule has 1 aromatic carbocycles. The summed E-state index contributed by atoms with van der Waals surface area (Å²) in [5, 5.41) is 1.36. The van der Waals surface area contributed by atoms with Crippen molar-refractivity contribution in [2.24, 2.45) is 0 Å². The number of hydrogen-bond donors (Lipinski definition) is 0. The fourth-order valence-electron chi connectivity index (χ4n) is 3.46. The number of pyridine rings is 1. The van der Waals surface area contributed by atoms with E-state index in [1.165, 1.54) is 42.1 Å². The van der Waals surface area contributed by atoms with Gasteiger partial charge in [-0.1, -0.05) is 31.0 Å². The van der Waals surface area contributed by atoms with Crippen LogP contribution >= 0.6 is 0 Å². The lowest BCUT2D eigenvalue weighted by Crippen LogP contribution is -1.97. The predicted octanol–water partition coefficient (Wildman–Crippen LogP) is 4.75. The molecule has 0 amide bonds. The quantitative estimate of drug-likeness (QED) is 0.573.